The second-order valence-corrected chi connectivity index (χ2v) is 7.29. The van der Waals surface area contributed by atoms with Crippen LogP contribution in [-0.4, -0.2) is 49.6 Å². The van der Waals surface area contributed by atoms with E-state index in [0.717, 1.165) is 12.8 Å². The Morgan fingerprint density at radius 3 is 2.39 bits per heavy atom. The first kappa shape index (κ1) is 13.8. The first-order chi connectivity index (χ1) is 8.36. The zero-order valence-corrected chi connectivity index (χ0v) is 11.5. The summed E-state index contributed by atoms with van der Waals surface area (Å²) in [5.74, 6) is 0.122. The van der Waals surface area contributed by atoms with E-state index in [-0.39, 0.29) is 17.7 Å². The van der Waals surface area contributed by atoms with E-state index in [2.05, 4.69) is 4.72 Å². The van der Waals surface area contributed by atoms with Crippen LogP contribution < -0.4 is 10.5 Å². The Balaban J connectivity index is 1.83. The number of nitrogens with zero attached hydrogens (tertiary/aromatic N) is 1. The van der Waals surface area contributed by atoms with Gasteiger partial charge in [-0.05, 0) is 32.6 Å². The van der Waals surface area contributed by atoms with Gasteiger partial charge in [0.1, 0.15) is 0 Å². The summed E-state index contributed by atoms with van der Waals surface area (Å²) >= 11 is 0. The van der Waals surface area contributed by atoms with Gasteiger partial charge in [-0.2, -0.15) is 0 Å². The van der Waals surface area contributed by atoms with E-state index in [0.29, 0.717) is 25.9 Å². The van der Waals surface area contributed by atoms with E-state index >= 15 is 0 Å². The van der Waals surface area contributed by atoms with Crippen molar-refractivity contribution in [1.82, 2.24) is 9.62 Å². The van der Waals surface area contributed by atoms with Crippen LogP contribution in [0, 0.1) is 0 Å². The number of amides is 1. The van der Waals surface area contributed by atoms with Gasteiger partial charge in [0.05, 0.1) is 11.3 Å². The molecule has 0 aromatic carbocycles. The van der Waals surface area contributed by atoms with E-state index in [1.807, 2.05) is 0 Å². The fraction of sp³-hybridized carbons (Fsp3) is 0.909. The molecule has 0 atom stereocenters. The molecule has 1 saturated carbocycles. The maximum Gasteiger partial charge on any atom is 0.242 e. The van der Waals surface area contributed by atoms with Crippen LogP contribution >= 0.6 is 0 Å². The van der Waals surface area contributed by atoms with Crippen LogP contribution in [0.15, 0.2) is 0 Å². The van der Waals surface area contributed by atoms with Gasteiger partial charge in [-0.3, -0.25) is 4.79 Å². The molecule has 1 amide bonds. The van der Waals surface area contributed by atoms with Crippen molar-refractivity contribution in [3.05, 3.63) is 0 Å². The molecule has 2 fully saturated rings. The summed E-state index contributed by atoms with van der Waals surface area (Å²) < 4.78 is 25.5. The molecule has 1 saturated heterocycles. The Labute approximate surface area is 108 Å². The van der Waals surface area contributed by atoms with E-state index < -0.39 is 15.6 Å². The molecule has 1 aliphatic heterocycles. The molecule has 2 rings (SSSR count). The summed E-state index contributed by atoms with van der Waals surface area (Å²) in [4.78, 5) is 13.8. The summed E-state index contributed by atoms with van der Waals surface area (Å²) in [5, 5.41) is 0. The summed E-state index contributed by atoms with van der Waals surface area (Å²) in [6.07, 6.45) is 2.88. The predicted molar refractivity (Wildman–Crippen MR) is 68.4 cm³/mol. The quantitative estimate of drug-likeness (QED) is 0.717. The van der Waals surface area contributed by atoms with Crippen molar-refractivity contribution in [2.24, 2.45) is 5.73 Å². The number of hydrogen-bond acceptors (Lipinski definition) is 4. The Morgan fingerprint density at radius 1 is 1.39 bits per heavy atom. The third-order valence-electron chi connectivity index (χ3n) is 3.72. The van der Waals surface area contributed by atoms with Gasteiger partial charge < -0.3 is 10.6 Å². The molecule has 3 N–H and O–H groups in total. The fourth-order valence-corrected chi connectivity index (χ4v) is 3.11. The van der Waals surface area contributed by atoms with Crippen molar-refractivity contribution in [2.45, 2.75) is 44.2 Å². The topological polar surface area (TPSA) is 92.5 Å². The minimum Gasteiger partial charge on any atom is -0.341 e. The molecular weight excluding hydrogens is 254 g/mol. The SMILES string of the molecule is CCS(=O)(=O)NC1CCN(C(=O)C2(N)CC2)CC1. The van der Waals surface area contributed by atoms with E-state index in [9.17, 15) is 13.2 Å². The van der Waals surface area contributed by atoms with Crippen LogP contribution in [0.4, 0.5) is 0 Å². The Kier molecular flexibility index (Phi) is 3.66. The molecule has 0 unspecified atom stereocenters. The molecule has 7 heteroatoms. The van der Waals surface area contributed by atoms with Gasteiger partial charge >= 0.3 is 0 Å². The number of carbonyl (C=O) groups excluding carboxylic acids is 1. The third-order valence-corrected chi connectivity index (χ3v) is 5.18. The number of nitrogens with two attached hydrogens (primary N) is 1. The van der Waals surface area contributed by atoms with Gasteiger partial charge in [-0.15, -0.1) is 0 Å². The van der Waals surface area contributed by atoms with Crippen LogP contribution in [0.1, 0.15) is 32.6 Å². The van der Waals surface area contributed by atoms with Gasteiger partial charge in [-0.1, -0.05) is 0 Å². The van der Waals surface area contributed by atoms with Crippen LogP contribution in [0.2, 0.25) is 0 Å². The molecule has 18 heavy (non-hydrogen) atoms. The number of piperidine rings is 1. The van der Waals surface area contributed by atoms with Crippen LogP contribution in [0.3, 0.4) is 0 Å². The molecule has 6 nitrogen and oxygen atoms in total. The van der Waals surface area contributed by atoms with Gasteiger partial charge in [0.2, 0.25) is 15.9 Å². The molecule has 1 heterocycles. The van der Waals surface area contributed by atoms with Crippen LogP contribution in [0.5, 0.6) is 0 Å². The molecule has 104 valence electrons. The van der Waals surface area contributed by atoms with Crippen molar-refractivity contribution in [1.29, 1.82) is 0 Å². The van der Waals surface area contributed by atoms with E-state index in [4.69, 9.17) is 5.73 Å². The summed E-state index contributed by atoms with van der Waals surface area (Å²) in [6.45, 7) is 2.80. The van der Waals surface area contributed by atoms with Crippen molar-refractivity contribution < 1.29 is 13.2 Å². The number of nitrogens with one attached hydrogen (secondary N) is 1. The van der Waals surface area contributed by atoms with Gasteiger partial charge in [-0.25, -0.2) is 13.1 Å². The lowest BCUT2D eigenvalue weighted by molar-refractivity contribution is -0.134. The average molecular weight is 275 g/mol. The number of rotatable bonds is 4. The molecule has 0 bridgehead atoms. The second-order valence-electron chi connectivity index (χ2n) is 5.24. The summed E-state index contributed by atoms with van der Waals surface area (Å²) in [6, 6.07) is -0.0491. The van der Waals surface area contributed by atoms with Gasteiger partial charge in [0, 0.05) is 19.1 Å². The third kappa shape index (κ3) is 3.02. The normalized spacial score (nSPS) is 24.0. The van der Waals surface area contributed by atoms with Crippen LogP contribution in [-0.2, 0) is 14.8 Å². The Hall–Kier alpha value is -0.660. The Bertz CT molecular complexity index is 423. The highest BCUT2D eigenvalue weighted by atomic mass is 32.2. The molecule has 2 aliphatic rings. The first-order valence-corrected chi connectivity index (χ1v) is 8.10. The summed E-state index contributed by atoms with van der Waals surface area (Å²) in [7, 11) is -3.15. The van der Waals surface area contributed by atoms with Crippen LogP contribution in [0.25, 0.3) is 0 Å². The fourth-order valence-electron chi connectivity index (χ4n) is 2.20. The molecule has 0 aromatic rings. The largest absolute Gasteiger partial charge is 0.341 e. The highest BCUT2D eigenvalue weighted by Gasteiger charge is 2.48. The van der Waals surface area contributed by atoms with Gasteiger partial charge in [0.25, 0.3) is 0 Å². The maximum absolute atomic E-state index is 12.0. The lowest BCUT2D eigenvalue weighted by atomic mass is 10.0. The van der Waals surface area contributed by atoms with Crippen molar-refractivity contribution in [3.8, 4) is 0 Å². The lowest BCUT2D eigenvalue weighted by Crippen LogP contribution is -2.52. The molecule has 0 spiro atoms. The van der Waals surface area contributed by atoms with Crippen molar-refractivity contribution in [2.75, 3.05) is 18.8 Å². The molecule has 1 aliphatic carbocycles. The van der Waals surface area contributed by atoms with Crippen molar-refractivity contribution >= 4 is 15.9 Å². The zero-order valence-electron chi connectivity index (χ0n) is 10.7. The predicted octanol–water partition coefficient (Wildman–Crippen LogP) is -0.592. The number of carbonyl (C=O) groups is 1. The highest BCUT2D eigenvalue weighted by Crippen LogP contribution is 2.34. The molecular formula is C11H21N3O3S. The minimum atomic E-state index is -3.15. The second kappa shape index (κ2) is 4.79. The first-order valence-electron chi connectivity index (χ1n) is 6.44. The zero-order chi connectivity index (χ0) is 13.4. The molecule has 0 radical (unpaired) electrons. The maximum atomic E-state index is 12.0. The highest BCUT2D eigenvalue weighted by molar-refractivity contribution is 7.89. The Morgan fingerprint density at radius 2 is 1.94 bits per heavy atom. The monoisotopic (exact) mass is 275 g/mol. The standard InChI is InChI=1S/C11H21N3O3S/c1-2-18(16,17)13-9-3-7-14(8-4-9)10(15)11(12)5-6-11/h9,13H,2-8,12H2,1H3. The average Bonchev–Trinajstić information content (AvgIpc) is 3.08. The number of likely N-dealkylation sites (tertiary alicyclic amines) is 1. The van der Waals surface area contributed by atoms with Crippen molar-refractivity contribution in [3.63, 3.8) is 0 Å². The number of hydrogen-bond donors (Lipinski definition) is 2. The molecule has 0 aromatic heterocycles. The minimum absolute atomic E-state index is 0.0271. The van der Waals surface area contributed by atoms with E-state index in [1.165, 1.54) is 0 Å². The lowest BCUT2D eigenvalue weighted by Gasteiger charge is -2.33. The smallest absolute Gasteiger partial charge is 0.242 e. The summed E-state index contributed by atoms with van der Waals surface area (Å²) in [5.41, 5.74) is 5.26. The van der Waals surface area contributed by atoms with Gasteiger partial charge in [0.15, 0.2) is 0 Å². The van der Waals surface area contributed by atoms with E-state index in [1.54, 1.807) is 11.8 Å². The number of sulfonamides is 1.